The highest BCUT2D eigenvalue weighted by Crippen LogP contribution is 2.28. The molecule has 0 spiro atoms. The molecule has 3 aromatic heterocycles. The number of hydrogen-bond donors (Lipinski definition) is 0. The number of rotatable bonds is 11. The van der Waals surface area contributed by atoms with E-state index in [0.717, 1.165) is 47.8 Å². The third-order valence-corrected chi connectivity index (χ3v) is 8.11. The van der Waals surface area contributed by atoms with Crippen molar-refractivity contribution in [3.63, 3.8) is 0 Å². The van der Waals surface area contributed by atoms with Crippen LogP contribution in [0.25, 0.3) is 11.0 Å². The number of ether oxygens (including phenoxy) is 1. The molecule has 6 rings (SSSR count). The molecule has 228 valence electrons. The minimum Gasteiger partial charge on any atom is -0.486 e. The molecule has 0 N–H and O–H groups in total. The first-order chi connectivity index (χ1) is 21.4. The van der Waals surface area contributed by atoms with Crippen molar-refractivity contribution in [1.29, 1.82) is 0 Å². The molecule has 0 saturated carbocycles. The minimum atomic E-state index is 0.0447. The smallest absolute Gasteiger partial charge is 0.200 e. The molecule has 0 saturated heterocycles. The van der Waals surface area contributed by atoms with Crippen molar-refractivity contribution in [3.8, 4) is 5.75 Å². The van der Waals surface area contributed by atoms with Crippen molar-refractivity contribution in [2.24, 2.45) is 5.92 Å². The summed E-state index contributed by atoms with van der Waals surface area (Å²) >= 11 is 12.2. The van der Waals surface area contributed by atoms with Gasteiger partial charge >= 0.3 is 0 Å². The lowest BCUT2D eigenvalue weighted by Crippen LogP contribution is -2.37. The van der Waals surface area contributed by atoms with Crippen LogP contribution in [0.15, 0.2) is 67.3 Å². The van der Waals surface area contributed by atoms with E-state index in [2.05, 4.69) is 48.9 Å². The summed E-state index contributed by atoms with van der Waals surface area (Å²) in [5.41, 5.74) is 5.70. The van der Waals surface area contributed by atoms with Gasteiger partial charge in [-0.25, -0.2) is 14.5 Å². The summed E-state index contributed by atoms with van der Waals surface area (Å²) in [5.74, 6) is 2.02. The van der Waals surface area contributed by atoms with E-state index < -0.39 is 0 Å². The van der Waals surface area contributed by atoms with E-state index in [4.69, 9.17) is 32.9 Å². The van der Waals surface area contributed by atoms with E-state index in [0.29, 0.717) is 47.0 Å². The summed E-state index contributed by atoms with van der Waals surface area (Å²) in [6, 6.07) is 15.1. The molecule has 10 heteroatoms. The standard InChI is InChI=1S/C32H31Cl2N6O2.C2H6/c1-3-39-20-35-14-27(39)17-40-30-12-24(21(2)41)4-6-29(30)37-32(40)18-38-15-23(16-38)10-22-8-9-36-26(11-22)19-42-31-7-5-25(33)13-28(31)34;1-2/h4-9,11-15,20,23H,3,10,16-19H2,1-2H3;1-2H3/q+1;. The van der Waals surface area contributed by atoms with Crippen LogP contribution in [0.3, 0.4) is 0 Å². The number of halogens is 2. The first kappa shape index (κ1) is 31.4. The van der Waals surface area contributed by atoms with Crippen molar-refractivity contribution < 1.29 is 14.1 Å². The molecule has 0 fully saturated rings. The van der Waals surface area contributed by atoms with Crippen LogP contribution in [0.2, 0.25) is 10.0 Å². The highest BCUT2D eigenvalue weighted by Gasteiger charge is 2.29. The van der Waals surface area contributed by atoms with Crippen LogP contribution in [0.1, 0.15) is 60.8 Å². The normalized spacial score (nSPS) is 14.0. The Balaban J connectivity index is 0.00000188. The van der Waals surface area contributed by atoms with Gasteiger partial charge in [-0.05, 0) is 74.4 Å². The second-order valence-corrected chi connectivity index (χ2v) is 11.5. The van der Waals surface area contributed by atoms with E-state index in [1.54, 1.807) is 25.1 Å². The summed E-state index contributed by atoms with van der Waals surface area (Å²) < 4.78 is 12.5. The zero-order valence-corrected chi connectivity index (χ0v) is 27.0. The van der Waals surface area contributed by atoms with E-state index in [-0.39, 0.29) is 5.78 Å². The van der Waals surface area contributed by atoms with Crippen LogP contribution in [-0.4, -0.2) is 47.2 Å². The lowest BCUT2D eigenvalue weighted by atomic mass is 9.96. The van der Waals surface area contributed by atoms with Gasteiger partial charge in [0.1, 0.15) is 18.6 Å². The first-order valence-corrected chi connectivity index (χ1v) is 15.7. The molecule has 1 aliphatic rings. The fraction of sp³-hybridized carbons (Fsp3) is 0.324. The van der Waals surface area contributed by atoms with Gasteiger partial charge in [-0.2, -0.15) is 0 Å². The number of aromatic nitrogens is 5. The Morgan fingerprint density at radius 1 is 1.11 bits per heavy atom. The maximum absolute atomic E-state index is 12.1. The van der Waals surface area contributed by atoms with E-state index >= 15 is 0 Å². The van der Waals surface area contributed by atoms with Crippen molar-refractivity contribution in [3.05, 3.63) is 106 Å². The lowest BCUT2D eigenvalue weighted by molar-refractivity contribution is -0.573. The Labute approximate surface area is 268 Å². The van der Waals surface area contributed by atoms with Gasteiger partial charge in [0, 0.05) is 29.5 Å². The number of fused-ring (bicyclic) bond motifs is 1. The molecular weight excluding hydrogens is 595 g/mol. The number of ketones is 1. The van der Waals surface area contributed by atoms with Crippen molar-refractivity contribution >= 4 is 46.2 Å². The summed E-state index contributed by atoms with van der Waals surface area (Å²) in [6.07, 6.45) is 8.78. The number of imidazole rings is 2. The highest BCUT2D eigenvalue weighted by atomic mass is 35.5. The molecular formula is C34H37Cl2N6O2+. The Bertz CT molecular complexity index is 1810. The zero-order chi connectivity index (χ0) is 31.2. The van der Waals surface area contributed by atoms with Crippen molar-refractivity contribution in [1.82, 2.24) is 24.1 Å². The third-order valence-electron chi connectivity index (χ3n) is 7.58. The first-order valence-electron chi connectivity index (χ1n) is 15.0. The Morgan fingerprint density at radius 2 is 1.93 bits per heavy atom. The molecule has 1 aliphatic heterocycles. The van der Waals surface area contributed by atoms with Gasteiger partial charge in [-0.15, -0.1) is 0 Å². The maximum atomic E-state index is 12.1. The summed E-state index contributed by atoms with van der Waals surface area (Å²) in [5, 5.41) is 1.05. The molecule has 0 bridgehead atoms. The number of hydrogen-bond acceptors (Lipinski definition) is 5. The van der Waals surface area contributed by atoms with Crippen LogP contribution in [0.5, 0.6) is 5.75 Å². The van der Waals surface area contributed by atoms with Crippen LogP contribution in [-0.2, 0) is 32.7 Å². The molecule has 5 aromatic rings. The minimum absolute atomic E-state index is 0.0447. The molecule has 2 aromatic carbocycles. The van der Waals surface area contributed by atoms with Crippen LogP contribution >= 0.6 is 23.2 Å². The number of aryl methyl sites for hydroxylation is 1. The van der Waals surface area contributed by atoms with Crippen molar-refractivity contribution in [2.75, 3.05) is 6.54 Å². The number of carbonyl (C=O) groups is 1. The fourth-order valence-corrected chi connectivity index (χ4v) is 5.84. The monoisotopic (exact) mass is 631 g/mol. The van der Waals surface area contributed by atoms with Gasteiger partial charge < -0.3 is 13.9 Å². The molecule has 44 heavy (non-hydrogen) atoms. The summed E-state index contributed by atoms with van der Waals surface area (Å²) in [4.78, 5) is 25.9. The molecule has 1 unspecified atom stereocenters. The molecule has 1 atom stereocenters. The van der Waals surface area contributed by atoms with E-state index in [1.807, 2.05) is 50.8 Å². The zero-order valence-electron chi connectivity index (χ0n) is 25.5. The second-order valence-electron chi connectivity index (χ2n) is 10.6. The Morgan fingerprint density at radius 3 is 2.68 bits per heavy atom. The highest BCUT2D eigenvalue weighted by molar-refractivity contribution is 6.35. The quantitative estimate of drug-likeness (QED) is 0.113. The van der Waals surface area contributed by atoms with Gasteiger partial charge in [-0.3, -0.25) is 9.78 Å². The SMILES string of the molecule is CC.CCn1cncc1Cn1c(C[N+]2=CC(Cc3ccnc(COc4ccc(Cl)cc4Cl)c3)C2)nc2ccc(C(C)=O)cc21. The lowest BCUT2D eigenvalue weighted by Gasteiger charge is -2.20. The third kappa shape index (κ3) is 7.20. The van der Waals surface area contributed by atoms with E-state index in [9.17, 15) is 4.79 Å². The maximum Gasteiger partial charge on any atom is 0.200 e. The Hall–Kier alpha value is -4.01. The molecule has 0 aliphatic carbocycles. The largest absolute Gasteiger partial charge is 0.486 e. The predicted octanol–water partition coefficient (Wildman–Crippen LogP) is 7.27. The summed E-state index contributed by atoms with van der Waals surface area (Å²) in [6.45, 7) is 11.1. The van der Waals surface area contributed by atoms with Crippen LogP contribution in [0, 0.1) is 5.92 Å². The van der Waals surface area contributed by atoms with Gasteiger partial charge in [0.25, 0.3) is 0 Å². The van der Waals surface area contributed by atoms with E-state index in [1.165, 1.54) is 5.56 Å². The van der Waals surface area contributed by atoms with Crippen LogP contribution < -0.4 is 4.74 Å². The number of nitrogens with zero attached hydrogens (tertiary/aromatic N) is 6. The van der Waals surface area contributed by atoms with Gasteiger partial charge in [0.2, 0.25) is 0 Å². The number of pyridine rings is 1. The molecule has 0 amide bonds. The summed E-state index contributed by atoms with van der Waals surface area (Å²) in [7, 11) is 0. The number of carbonyl (C=O) groups excluding carboxylic acids is 1. The molecule has 8 nitrogen and oxygen atoms in total. The fourth-order valence-electron chi connectivity index (χ4n) is 5.38. The Kier molecular flexibility index (Phi) is 10.1. The number of Topliss-reactive ketones (excluding diaryl/α,β-unsaturated/α-hetero) is 1. The van der Waals surface area contributed by atoms with Gasteiger partial charge in [0.15, 0.2) is 24.7 Å². The number of benzene rings is 2. The molecule has 0 radical (unpaired) electrons. The van der Waals surface area contributed by atoms with Gasteiger partial charge in [-0.1, -0.05) is 37.0 Å². The second kappa shape index (κ2) is 14.2. The predicted molar refractivity (Wildman–Crippen MR) is 175 cm³/mol. The average molecular weight is 633 g/mol. The van der Waals surface area contributed by atoms with Crippen LogP contribution in [0.4, 0.5) is 0 Å². The van der Waals surface area contributed by atoms with Gasteiger partial charge in [0.05, 0.1) is 46.2 Å². The topological polar surface area (TPSA) is 77.8 Å². The molecule has 4 heterocycles. The van der Waals surface area contributed by atoms with Crippen molar-refractivity contribution in [2.45, 2.75) is 60.4 Å². The average Bonchev–Trinajstić information content (AvgIpc) is 3.60.